The molecule has 2 aliphatic rings. The summed E-state index contributed by atoms with van der Waals surface area (Å²) < 4.78 is 119. The number of hydrogen-bond donors (Lipinski definition) is 2. The van der Waals surface area contributed by atoms with Gasteiger partial charge in [0.05, 0.1) is 12.1 Å². The van der Waals surface area contributed by atoms with E-state index in [1.807, 2.05) is 4.90 Å². The lowest BCUT2D eigenvalue weighted by Gasteiger charge is -2.37. The number of carbonyl (C=O) groups excluding carboxylic acids is 1. The first-order valence-electron chi connectivity index (χ1n) is 15.1. The van der Waals surface area contributed by atoms with E-state index >= 15 is 0 Å². The van der Waals surface area contributed by atoms with Gasteiger partial charge in [-0.05, 0) is 62.8 Å². The van der Waals surface area contributed by atoms with E-state index in [-0.39, 0.29) is 26.2 Å². The second-order valence-corrected chi connectivity index (χ2v) is 6.24. The van der Waals surface area contributed by atoms with Crippen molar-refractivity contribution in [3.05, 3.63) is 28.8 Å². The van der Waals surface area contributed by atoms with Gasteiger partial charge in [-0.3, -0.25) is 4.90 Å². The van der Waals surface area contributed by atoms with Crippen LogP contribution in [0, 0.1) is 12.8 Å². The lowest BCUT2D eigenvalue weighted by molar-refractivity contribution is 0.207. The summed E-state index contributed by atoms with van der Waals surface area (Å²) in [5.74, 6) is -4.15. The lowest BCUT2D eigenvalue weighted by Crippen LogP contribution is -2.47. The van der Waals surface area contributed by atoms with Crippen molar-refractivity contribution in [1.29, 1.82) is 0 Å². The molecule has 1 aliphatic carbocycles. The van der Waals surface area contributed by atoms with Crippen molar-refractivity contribution < 1.29 is 24.0 Å². The van der Waals surface area contributed by atoms with E-state index in [2.05, 4.69) is 0 Å². The molecule has 1 saturated carbocycles. The Labute approximate surface area is 181 Å². The summed E-state index contributed by atoms with van der Waals surface area (Å²) in [6.07, 6.45) is -20.1. The number of aryl methyl sites for hydroxylation is 1. The summed E-state index contributed by atoms with van der Waals surface area (Å²) in [5.41, 5.74) is 6.42. The fraction of sp³-hybridized carbons (Fsp3) is 0.650. The van der Waals surface area contributed by atoms with E-state index in [1.54, 1.807) is 25.1 Å². The van der Waals surface area contributed by atoms with Crippen LogP contribution in [0.15, 0.2) is 18.2 Å². The number of rotatable bonds is 5. The van der Waals surface area contributed by atoms with Gasteiger partial charge in [0, 0.05) is 50.0 Å². The van der Waals surface area contributed by atoms with Crippen LogP contribution in [0.25, 0.3) is 0 Å². The van der Waals surface area contributed by atoms with Crippen LogP contribution >= 0.6 is 11.6 Å². The molecule has 0 spiro atoms. The van der Waals surface area contributed by atoms with Gasteiger partial charge in [0.15, 0.2) is 0 Å². The van der Waals surface area contributed by atoms with Gasteiger partial charge in [0.1, 0.15) is 0 Å². The normalized spacial score (nSPS) is 46.9. The van der Waals surface area contributed by atoms with Crippen LogP contribution in [0.5, 0.6) is 0 Å². The molecule has 2 amide bonds. The highest BCUT2D eigenvalue weighted by atomic mass is 35.5. The van der Waals surface area contributed by atoms with Crippen LogP contribution in [-0.4, -0.2) is 49.6 Å². The first-order chi connectivity index (χ1) is 17.8. The third kappa shape index (κ3) is 5.04. The van der Waals surface area contributed by atoms with Gasteiger partial charge in [-0.1, -0.05) is 23.7 Å². The van der Waals surface area contributed by atoms with Crippen LogP contribution in [0.1, 0.15) is 56.6 Å². The number of nitrogens with two attached hydrogens (primary N) is 1. The Balaban J connectivity index is 2.09. The fourth-order valence-electron chi connectivity index (χ4n) is 2.63. The summed E-state index contributed by atoms with van der Waals surface area (Å²) in [5, 5.41) is 1.89. The van der Waals surface area contributed by atoms with E-state index in [9.17, 15) is 4.79 Å². The van der Waals surface area contributed by atoms with Crippen molar-refractivity contribution in [2.45, 2.75) is 44.8 Å². The Morgan fingerprint density at radius 1 is 1.35 bits per heavy atom. The summed E-state index contributed by atoms with van der Waals surface area (Å²) in [4.78, 5) is 14.3. The minimum Gasteiger partial charge on any atom is -0.368 e. The summed E-state index contributed by atoms with van der Waals surface area (Å²) in [6, 6.07) is -0.127. The third-order valence-corrected chi connectivity index (χ3v) is 4.50. The van der Waals surface area contributed by atoms with Gasteiger partial charge >= 0.3 is 6.03 Å². The van der Waals surface area contributed by atoms with E-state index in [0.29, 0.717) is 10.7 Å². The second-order valence-electron chi connectivity index (χ2n) is 5.86. The molecule has 0 bridgehead atoms. The molecule has 3 rings (SSSR count). The maximum absolute atomic E-state index is 11.6. The first kappa shape index (κ1) is 8.27. The molecule has 5 nitrogen and oxygen atoms in total. The molecule has 1 saturated heterocycles. The van der Waals surface area contributed by atoms with Crippen LogP contribution in [-0.2, 0) is 0 Å². The van der Waals surface area contributed by atoms with Crippen molar-refractivity contribution in [3.63, 3.8) is 0 Å². The molecule has 6 heteroatoms. The predicted octanol–water partition coefficient (Wildman–Crippen LogP) is 3.39. The molecule has 26 heavy (non-hydrogen) atoms. The molecule has 1 aromatic carbocycles. The number of benzene rings is 1. The van der Waals surface area contributed by atoms with Gasteiger partial charge in [-0.25, -0.2) is 4.79 Å². The highest BCUT2D eigenvalue weighted by Gasteiger charge is 2.24. The van der Waals surface area contributed by atoms with Crippen molar-refractivity contribution in [3.8, 4) is 0 Å². The van der Waals surface area contributed by atoms with Gasteiger partial charge in [0.2, 0.25) is 0 Å². The Morgan fingerprint density at radius 3 is 2.69 bits per heavy atom. The quantitative estimate of drug-likeness (QED) is 0.807. The zero-order chi connectivity index (χ0) is 31.1. The Hall–Kier alpha value is -1.46. The van der Waals surface area contributed by atoms with Crippen LogP contribution in [0.4, 0.5) is 10.5 Å². The highest BCUT2D eigenvalue weighted by molar-refractivity contribution is 6.34. The molecule has 1 aromatic rings. The average Bonchev–Trinajstić information content (AvgIpc) is 2.83. The van der Waals surface area contributed by atoms with Crippen LogP contribution in [0.3, 0.4) is 0 Å². The van der Waals surface area contributed by atoms with Crippen molar-refractivity contribution >= 4 is 23.3 Å². The predicted molar refractivity (Wildman–Crippen MR) is 108 cm³/mol. The zero-order valence-corrected chi connectivity index (χ0v) is 15.1. The summed E-state index contributed by atoms with van der Waals surface area (Å²) in [6.45, 7) is -1.69. The minimum absolute atomic E-state index is 0.115. The number of piperazine rings is 1. The fourth-order valence-corrected chi connectivity index (χ4v) is 2.88. The monoisotopic (exact) mass is 392 g/mol. The Kier molecular flexibility index (Phi) is 2.85. The first-order valence-corrected chi connectivity index (χ1v) is 8.52. The molecule has 3 N–H and O–H groups in total. The number of halogens is 1. The number of amides is 2. The summed E-state index contributed by atoms with van der Waals surface area (Å²) in [7, 11) is 0. The van der Waals surface area contributed by atoms with E-state index in [1.165, 1.54) is 5.32 Å². The molecule has 0 unspecified atom stereocenters. The molecule has 1 aliphatic heterocycles. The molecular weight excluding hydrogens is 348 g/mol. The third-order valence-electron chi connectivity index (χ3n) is 4.00. The number of primary amides is 1. The maximum Gasteiger partial charge on any atom is 0.312 e. The van der Waals surface area contributed by atoms with E-state index < -0.39 is 56.3 Å². The topological polar surface area (TPSA) is 61.6 Å². The molecular formula is C20H31ClN4O. The van der Waals surface area contributed by atoms with Gasteiger partial charge in [0.25, 0.3) is 0 Å². The summed E-state index contributed by atoms with van der Waals surface area (Å²) >= 11 is 6.40. The number of nitrogens with one attached hydrogen (secondary N) is 1. The standard InChI is InChI=1S/C20H31ClN4O/c1-15-3-2-4-18(19(15)21)25-13-11-24(12-14-25)10-9-16-5-7-17(8-6-16)23-20(22)26/h2-4,16-17H,5-14H2,1H3,(H3,22,23,26)/t16-,17-/i5D2,6D2,7D2,8D2,9D2,10D2,16D,17D. The molecule has 144 valence electrons. The number of urea groups is 1. The average molecular weight is 393 g/mol. The van der Waals surface area contributed by atoms with Crippen LogP contribution < -0.4 is 16.0 Å². The Bertz CT molecular complexity index is 1140. The smallest absolute Gasteiger partial charge is 0.312 e. The van der Waals surface area contributed by atoms with Crippen LogP contribution in [0.2, 0.25) is 5.02 Å². The highest BCUT2D eigenvalue weighted by Crippen LogP contribution is 2.30. The number of nitrogens with zero attached hydrogens (tertiary/aromatic N) is 2. The van der Waals surface area contributed by atoms with Gasteiger partial charge in [-0.15, -0.1) is 0 Å². The van der Waals surface area contributed by atoms with Crippen molar-refractivity contribution in [2.75, 3.05) is 37.6 Å². The van der Waals surface area contributed by atoms with Crippen molar-refractivity contribution in [1.82, 2.24) is 10.2 Å². The number of anilines is 1. The molecule has 1 heterocycles. The van der Waals surface area contributed by atoms with Gasteiger partial charge < -0.3 is 16.0 Å². The molecule has 0 radical (unpaired) electrons. The SMILES string of the molecule is [2H]C([2H])(N1CCN(c2cccc(C)c2Cl)CC1)C([2H])([2H])[C@]1([2H])C([2H])([2H])C([2H])([2H])[C@@]([2H])(NC(N)=O)C([2H])([2H])C1([2H])[2H]. The lowest BCUT2D eigenvalue weighted by atomic mass is 9.84. The maximum atomic E-state index is 11.6. The van der Waals surface area contributed by atoms with E-state index in [0.717, 1.165) is 10.5 Å². The number of carbonyl (C=O) groups is 1. The molecule has 0 atom stereocenters. The van der Waals surface area contributed by atoms with E-state index in [4.69, 9.17) is 36.5 Å². The zero-order valence-electron chi connectivity index (χ0n) is 28.3. The van der Waals surface area contributed by atoms with Gasteiger partial charge in [-0.2, -0.15) is 0 Å². The molecule has 0 aromatic heterocycles. The van der Waals surface area contributed by atoms with Crippen molar-refractivity contribution in [2.24, 2.45) is 11.6 Å². The number of hydrogen-bond acceptors (Lipinski definition) is 3. The minimum atomic E-state index is -4.15. The Morgan fingerprint density at radius 2 is 2.04 bits per heavy atom. The molecule has 2 fully saturated rings. The largest absolute Gasteiger partial charge is 0.368 e. The second kappa shape index (κ2) is 8.96.